The van der Waals surface area contributed by atoms with E-state index in [-0.39, 0.29) is 12.1 Å². The molecule has 0 aromatic carbocycles. The van der Waals surface area contributed by atoms with Gasteiger partial charge in [0, 0.05) is 6.42 Å². The number of esters is 1. The van der Waals surface area contributed by atoms with E-state index in [0.717, 1.165) is 25.7 Å². The van der Waals surface area contributed by atoms with Crippen molar-refractivity contribution in [2.75, 3.05) is 0 Å². The minimum absolute atomic E-state index is 0.00147. The van der Waals surface area contributed by atoms with Crippen LogP contribution in [0.5, 0.6) is 0 Å². The van der Waals surface area contributed by atoms with Crippen molar-refractivity contribution in [1.82, 2.24) is 0 Å². The van der Waals surface area contributed by atoms with Crippen molar-refractivity contribution in [2.24, 2.45) is 0 Å². The number of ether oxygens (including phenoxy) is 1. The van der Waals surface area contributed by atoms with Gasteiger partial charge in [0.25, 0.3) is 0 Å². The molecule has 0 radical (unpaired) electrons. The van der Waals surface area contributed by atoms with Crippen molar-refractivity contribution in [1.29, 1.82) is 0 Å². The van der Waals surface area contributed by atoms with Gasteiger partial charge in [0.1, 0.15) is 0 Å². The molecule has 27 heavy (non-hydrogen) atoms. The summed E-state index contributed by atoms with van der Waals surface area (Å²) in [7, 11) is 0. The molecule has 3 heteroatoms. The van der Waals surface area contributed by atoms with Gasteiger partial charge in [-0.2, -0.15) is 0 Å². The summed E-state index contributed by atoms with van der Waals surface area (Å²) < 4.78 is 6.97. The molecule has 0 saturated heterocycles. The number of carbonyl (C=O) groups is 1. The Kier molecular flexibility index (Phi) is 23.2. The first-order valence-corrected chi connectivity index (χ1v) is 13.8. The summed E-state index contributed by atoms with van der Waals surface area (Å²) in [5, 5.41) is 0. The van der Waals surface area contributed by atoms with E-state index in [2.05, 4.69) is 6.92 Å². The Labute approximate surface area is 188 Å². The molecule has 0 saturated carbocycles. The SMILES string of the molecule is CCCCCC(=O)OC(C)CCCCCCCCCCCCCCC[CH2][Na]. The zero-order valence-corrected chi connectivity index (χ0v) is 21.0. The van der Waals surface area contributed by atoms with Crippen molar-refractivity contribution in [3.63, 3.8) is 0 Å². The van der Waals surface area contributed by atoms with Crippen LogP contribution in [0, 0.1) is 0 Å². The average molecular weight is 391 g/mol. The molecule has 0 aliphatic heterocycles. The minimum atomic E-state index is -0.00147. The van der Waals surface area contributed by atoms with E-state index in [1.165, 1.54) is 121 Å². The second-order valence-electron chi connectivity index (χ2n) is 8.50. The van der Waals surface area contributed by atoms with E-state index in [9.17, 15) is 4.79 Å². The molecule has 0 aromatic heterocycles. The molecule has 0 N–H and O–H groups in total. The molecule has 0 aliphatic rings. The molecule has 156 valence electrons. The fraction of sp³-hybridized carbons (Fsp3) is 0.958. The molecule has 2 nitrogen and oxygen atoms in total. The summed E-state index contributed by atoms with van der Waals surface area (Å²) >= 11 is 1.39. The third-order valence-corrected chi connectivity index (χ3v) is 6.24. The van der Waals surface area contributed by atoms with Gasteiger partial charge in [-0.3, -0.25) is 4.79 Å². The first-order valence-electron chi connectivity index (χ1n) is 12.4. The Balaban J connectivity index is 3.20. The predicted molar refractivity (Wildman–Crippen MR) is 120 cm³/mol. The Morgan fingerprint density at radius 1 is 0.704 bits per heavy atom. The molecule has 0 bridgehead atoms. The number of carbonyl (C=O) groups excluding carboxylic acids is 1. The van der Waals surface area contributed by atoms with Crippen molar-refractivity contribution < 1.29 is 9.53 Å². The van der Waals surface area contributed by atoms with E-state index < -0.39 is 0 Å². The normalized spacial score (nSPS) is 12.3. The van der Waals surface area contributed by atoms with Gasteiger partial charge in [0.15, 0.2) is 0 Å². The topological polar surface area (TPSA) is 26.3 Å². The summed E-state index contributed by atoms with van der Waals surface area (Å²) in [6, 6.07) is 0. The zero-order chi connectivity index (χ0) is 20.0. The Hall–Kier alpha value is 0.470. The third-order valence-electron chi connectivity index (χ3n) is 5.53. The van der Waals surface area contributed by atoms with Crippen LogP contribution in [0.1, 0.15) is 136 Å². The Morgan fingerprint density at radius 2 is 1.15 bits per heavy atom. The van der Waals surface area contributed by atoms with Crippen LogP contribution < -0.4 is 0 Å². The van der Waals surface area contributed by atoms with Gasteiger partial charge in [-0.15, -0.1) is 0 Å². The summed E-state index contributed by atoms with van der Waals surface area (Å²) in [4.78, 5) is 11.7. The quantitative estimate of drug-likeness (QED) is 0.113. The summed E-state index contributed by atoms with van der Waals surface area (Å²) in [5.41, 5.74) is 0. The van der Waals surface area contributed by atoms with Gasteiger partial charge in [0.2, 0.25) is 0 Å². The van der Waals surface area contributed by atoms with Gasteiger partial charge in [-0.05, 0) is 26.2 Å². The first-order chi connectivity index (χ1) is 13.2. The second-order valence-corrected chi connectivity index (χ2v) is 9.50. The molecular weight excluding hydrogens is 343 g/mol. The van der Waals surface area contributed by atoms with Crippen LogP contribution in [-0.2, 0) is 9.53 Å². The molecule has 0 fully saturated rings. The zero-order valence-electron chi connectivity index (χ0n) is 19.0. The van der Waals surface area contributed by atoms with E-state index in [4.69, 9.17) is 4.74 Å². The van der Waals surface area contributed by atoms with Crippen LogP contribution in [0.2, 0.25) is 3.67 Å². The van der Waals surface area contributed by atoms with Crippen LogP contribution in [0.4, 0.5) is 0 Å². The van der Waals surface area contributed by atoms with Gasteiger partial charge in [-0.1, -0.05) is 32.6 Å². The molecule has 0 aromatic rings. The fourth-order valence-corrected chi connectivity index (χ4v) is 4.16. The molecule has 0 spiro atoms. The molecular formula is C24H47NaO2. The maximum absolute atomic E-state index is 11.7. The van der Waals surface area contributed by atoms with Crippen LogP contribution in [0.15, 0.2) is 0 Å². The number of unbranched alkanes of at least 4 members (excludes halogenated alkanes) is 15. The third kappa shape index (κ3) is 22.6. The molecule has 0 aliphatic carbocycles. The van der Waals surface area contributed by atoms with E-state index in [1.54, 1.807) is 0 Å². The fourth-order valence-electron chi connectivity index (χ4n) is 3.66. The average Bonchev–Trinajstić information content (AvgIpc) is 2.65. The van der Waals surface area contributed by atoms with Gasteiger partial charge in [-0.25, -0.2) is 0 Å². The van der Waals surface area contributed by atoms with Crippen molar-refractivity contribution >= 4 is 33.9 Å². The van der Waals surface area contributed by atoms with Crippen molar-refractivity contribution in [3.8, 4) is 0 Å². The number of hydrogen-bond donors (Lipinski definition) is 0. The molecule has 1 unspecified atom stereocenters. The predicted octanol–water partition coefficient (Wildman–Crippen LogP) is 7.94. The van der Waals surface area contributed by atoms with Crippen molar-refractivity contribution in [3.05, 3.63) is 0 Å². The molecule has 1 atom stereocenters. The van der Waals surface area contributed by atoms with Crippen LogP contribution in [-0.4, -0.2) is 40.0 Å². The van der Waals surface area contributed by atoms with Gasteiger partial charge >= 0.3 is 108 Å². The Morgan fingerprint density at radius 3 is 1.59 bits per heavy atom. The second kappa shape index (κ2) is 22.8. The van der Waals surface area contributed by atoms with Crippen molar-refractivity contribution in [2.45, 2.75) is 146 Å². The maximum atomic E-state index is 11.7. The van der Waals surface area contributed by atoms with Crippen LogP contribution in [0.3, 0.4) is 0 Å². The standard InChI is InChI=1S/C24H47O2.Na/c1-4-6-8-9-10-11-12-13-14-15-16-17-18-20-21-23(3)26-24(25)22-19-7-5-2;/h23H,1,4-22H2,2-3H3;. The van der Waals surface area contributed by atoms with Crippen LogP contribution in [0.25, 0.3) is 0 Å². The first kappa shape index (κ1) is 27.5. The van der Waals surface area contributed by atoms with Crippen LogP contribution >= 0.6 is 0 Å². The monoisotopic (exact) mass is 390 g/mol. The van der Waals surface area contributed by atoms with E-state index in [1.807, 2.05) is 6.92 Å². The Bertz CT molecular complexity index is 307. The summed E-state index contributed by atoms with van der Waals surface area (Å²) in [6.07, 6.45) is 24.7. The van der Waals surface area contributed by atoms with E-state index in [0.29, 0.717) is 6.42 Å². The molecule has 0 heterocycles. The molecule has 0 amide bonds. The summed E-state index contributed by atoms with van der Waals surface area (Å²) in [6.45, 7) is 4.20. The van der Waals surface area contributed by atoms with Gasteiger partial charge < -0.3 is 4.74 Å². The molecule has 0 rings (SSSR count). The number of hydrogen-bond acceptors (Lipinski definition) is 2. The van der Waals surface area contributed by atoms with Gasteiger partial charge in [0.05, 0.1) is 6.10 Å². The number of rotatable bonds is 21. The van der Waals surface area contributed by atoms with E-state index >= 15 is 0 Å². The summed E-state index contributed by atoms with van der Waals surface area (Å²) in [5.74, 6) is -0.00147.